The van der Waals surface area contributed by atoms with Gasteiger partial charge in [-0.25, -0.2) is 4.79 Å². The summed E-state index contributed by atoms with van der Waals surface area (Å²) >= 11 is 4.99. The Morgan fingerprint density at radius 2 is 2.50 bits per heavy atom. The standard InChI is InChI=1S/C12H17BrN2O2S/c1-8-2-3-15(6-11(8)16)12(17)14-5-10-4-9(13)7-18-10/h4,7-8,11,16H,2-3,5-6H2,1H3,(H,14,17). The molecule has 100 valence electrons. The minimum Gasteiger partial charge on any atom is -0.391 e. The topological polar surface area (TPSA) is 52.6 Å². The van der Waals surface area contributed by atoms with Gasteiger partial charge in [-0.2, -0.15) is 0 Å². The Morgan fingerprint density at radius 1 is 1.72 bits per heavy atom. The summed E-state index contributed by atoms with van der Waals surface area (Å²) in [4.78, 5) is 14.7. The Balaban J connectivity index is 1.81. The summed E-state index contributed by atoms with van der Waals surface area (Å²) in [5, 5.41) is 14.6. The van der Waals surface area contributed by atoms with E-state index in [9.17, 15) is 9.90 Å². The average Bonchev–Trinajstić information content (AvgIpc) is 2.75. The van der Waals surface area contributed by atoms with Crippen molar-refractivity contribution in [3.8, 4) is 0 Å². The summed E-state index contributed by atoms with van der Waals surface area (Å²) in [6.45, 7) is 3.71. The highest BCUT2D eigenvalue weighted by Crippen LogP contribution is 2.20. The van der Waals surface area contributed by atoms with Crippen molar-refractivity contribution in [2.45, 2.75) is 26.0 Å². The van der Waals surface area contributed by atoms with Gasteiger partial charge in [-0.15, -0.1) is 11.3 Å². The van der Waals surface area contributed by atoms with E-state index in [1.165, 1.54) is 0 Å². The number of likely N-dealkylation sites (tertiary alicyclic amines) is 1. The Labute approximate surface area is 119 Å². The first-order valence-corrected chi connectivity index (χ1v) is 7.67. The molecule has 1 fully saturated rings. The summed E-state index contributed by atoms with van der Waals surface area (Å²) in [7, 11) is 0. The van der Waals surface area contributed by atoms with E-state index in [2.05, 4.69) is 21.2 Å². The summed E-state index contributed by atoms with van der Waals surface area (Å²) in [6, 6.07) is 1.91. The van der Waals surface area contributed by atoms with E-state index >= 15 is 0 Å². The van der Waals surface area contributed by atoms with Gasteiger partial charge in [0.1, 0.15) is 0 Å². The molecule has 1 aliphatic heterocycles. The SMILES string of the molecule is CC1CCN(C(=O)NCc2cc(Br)cs2)CC1O. The summed E-state index contributed by atoms with van der Waals surface area (Å²) in [5.74, 6) is 0.280. The third kappa shape index (κ3) is 3.46. The lowest BCUT2D eigenvalue weighted by Crippen LogP contribution is -2.49. The van der Waals surface area contributed by atoms with Gasteiger partial charge in [0, 0.05) is 27.8 Å². The number of piperidine rings is 1. The monoisotopic (exact) mass is 332 g/mol. The van der Waals surface area contributed by atoms with Gasteiger partial charge in [0.05, 0.1) is 12.6 Å². The number of hydrogen-bond donors (Lipinski definition) is 2. The lowest BCUT2D eigenvalue weighted by Gasteiger charge is -2.34. The quantitative estimate of drug-likeness (QED) is 0.873. The number of aliphatic hydroxyl groups excluding tert-OH is 1. The molecule has 1 saturated heterocycles. The van der Waals surface area contributed by atoms with Crippen LogP contribution in [0.2, 0.25) is 0 Å². The van der Waals surface area contributed by atoms with Crippen LogP contribution in [0, 0.1) is 5.92 Å². The highest BCUT2D eigenvalue weighted by Gasteiger charge is 2.26. The maximum Gasteiger partial charge on any atom is 0.317 e. The van der Waals surface area contributed by atoms with Crippen LogP contribution in [0.25, 0.3) is 0 Å². The second kappa shape index (κ2) is 6.04. The summed E-state index contributed by atoms with van der Waals surface area (Å²) in [6.07, 6.45) is 0.458. The van der Waals surface area contributed by atoms with Crippen molar-refractivity contribution < 1.29 is 9.90 Å². The van der Waals surface area contributed by atoms with Crippen molar-refractivity contribution in [3.63, 3.8) is 0 Å². The molecule has 6 heteroatoms. The lowest BCUT2D eigenvalue weighted by atomic mass is 9.96. The molecule has 18 heavy (non-hydrogen) atoms. The minimum absolute atomic E-state index is 0.0922. The molecule has 4 nitrogen and oxygen atoms in total. The molecule has 0 radical (unpaired) electrons. The minimum atomic E-state index is -0.402. The maximum absolute atomic E-state index is 11.9. The number of nitrogens with zero attached hydrogens (tertiary/aromatic N) is 1. The normalized spacial score (nSPS) is 24.1. The van der Waals surface area contributed by atoms with E-state index in [4.69, 9.17) is 0 Å². The molecule has 0 bridgehead atoms. The van der Waals surface area contributed by atoms with Crippen LogP contribution < -0.4 is 5.32 Å². The van der Waals surface area contributed by atoms with Gasteiger partial charge in [-0.3, -0.25) is 0 Å². The molecule has 1 aromatic rings. The third-order valence-corrected chi connectivity index (χ3v) is 4.94. The van der Waals surface area contributed by atoms with Crippen LogP contribution in [-0.2, 0) is 6.54 Å². The van der Waals surface area contributed by atoms with Crippen molar-refractivity contribution in [1.82, 2.24) is 10.2 Å². The first-order chi connectivity index (χ1) is 8.56. The molecule has 2 unspecified atom stereocenters. The molecule has 0 aromatic carbocycles. The molecule has 0 saturated carbocycles. The zero-order valence-corrected chi connectivity index (χ0v) is 12.6. The third-order valence-electron chi connectivity index (χ3n) is 3.24. The lowest BCUT2D eigenvalue weighted by molar-refractivity contribution is 0.0435. The van der Waals surface area contributed by atoms with Crippen LogP contribution in [0.5, 0.6) is 0 Å². The van der Waals surface area contributed by atoms with E-state index in [0.717, 1.165) is 22.3 Å². The van der Waals surface area contributed by atoms with Crippen LogP contribution in [0.1, 0.15) is 18.2 Å². The smallest absolute Gasteiger partial charge is 0.317 e. The first-order valence-electron chi connectivity index (χ1n) is 6.00. The van der Waals surface area contributed by atoms with Crippen LogP contribution in [0.4, 0.5) is 4.79 Å². The molecule has 1 aliphatic rings. The molecule has 2 atom stereocenters. The van der Waals surface area contributed by atoms with Crippen molar-refractivity contribution in [1.29, 1.82) is 0 Å². The van der Waals surface area contributed by atoms with E-state index in [1.54, 1.807) is 16.2 Å². The van der Waals surface area contributed by atoms with Gasteiger partial charge in [-0.05, 0) is 34.3 Å². The number of carbonyl (C=O) groups is 1. The van der Waals surface area contributed by atoms with Crippen LogP contribution in [0.15, 0.2) is 15.9 Å². The Hall–Kier alpha value is -0.590. The Kier molecular flexibility index (Phi) is 4.64. The van der Waals surface area contributed by atoms with Crippen LogP contribution >= 0.6 is 27.3 Å². The number of nitrogens with one attached hydrogen (secondary N) is 1. The molecule has 2 rings (SSSR count). The number of rotatable bonds is 2. The van der Waals surface area contributed by atoms with Crippen molar-refractivity contribution in [2.75, 3.05) is 13.1 Å². The van der Waals surface area contributed by atoms with Gasteiger partial charge in [-0.1, -0.05) is 6.92 Å². The molecule has 2 amide bonds. The van der Waals surface area contributed by atoms with Crippen molar-refractivity contribution in [2.24, 2.45) is 5.92 Å². The van der Waals surface area contributed by atoms with Gasteiger partial charge in [0.25, 0.3) is 0 Å². The van der Waals surface area contributed by atoms with E-state index in [0.29, 0.717) is 13.1 Å². The Bertz CT molecular complexity index is 424. The highest BCUT2D eigenvalue weighted by molar-refractivity contribution is 9.10. The molecular weight excluding hydrogens is 316 g/mol. The number of amides is 2. The fraction of sp³-hybridized carbons (Fsp3) is 0.583. The maximum atomic E-state index is 11.9. The van der Waals surface area contributed by atoms with Gasteiger partial charge in [0.15, 0.2) is 0 Å². The number of β-amino-alcohol motifs (C(OH)–C–C–N with tert-alkyl or cyclic N) is 1. The van der Waals surface area contributed by atoms with Gasteiger partial charge < -0.3 is 15.3 Å². The van der Waals surface area contributed by atoms with E-state index in [-0.39, 0.29) is 11.9 Å². The predicted molar refractivity (Wildman–Crippen MR) is 75.6 cm³/mol. The molecule has 2 N–H and O–H groups in total. The zero-order valence-electron chi connectivity index (χ0n) is 10.2. The van der Waals surface area contributed by atoms with Gasteiger partial charge in [0.2, 0.25) is 0 Å². The number of carbonyl (C=O) groups excluding carboxylic acids is 1. The summed E-state index contributed by atoms with van der Waals surface area (Å²) in [5.41, 5.74) is 0. The molecule has 0 aliphatic carbocycles. The van der Waals surface area contributed by atoms with Gasteiger partial charge >= 0.3 is 6.03 Å². The second-order valence-corrected chi connectivity index (χ2v) is 6.58. The molecular formula is C12H17BrN2O2S. The molecule has 2 heterocycles. The van der Waals surface area contributed by atoms with Crippen LogP contribution in [0.3, 0.4) is 0 Å². The number of halogens is 1. The highest BCUT2D eigenvalue weighted by atomic mass is 79.9. The second-order valence-electron chi connectivity index (χ2n) is 4.67. The van der Waals surface area contributed by atoms with E-state index < -0.39 is 6.10 Å². The number of aliphatic hydroxyl groups is 1. The Morgan fingerprint density at radius 3 is 3.11 bits per heavy atom. The number of urea groups is 1. The van der Waals surface area contributed by atoms with Crippen LogP contribution in [-0.4, -0.2) is 35.2 Å². The average molecular weight is 333 g/mol. The largest absolute Gasteiger partial charge is 0.391 e. The van der Waals surface area contributed by atoms with Crippen molar-refractivity contribution in [3.05, 3.63) is 20.8 Å². The fourth-order valence-corrected chi connectivity index (χ4v) is 3.35. The van der Waals surface area contributed by atoms with E-state index in [1.807, 2.05) is 18.4 Å². The van der Waals surface area contributed by atoms with Crippen molar-refractivity contribution >= 4 is 33.3 Å². The fourth-order valence-electron chi connectivity index (χ4n) is 1.95. The predicted octanol–water partition coefficient (Wildman–Crippen LogP) is 2.42. The molecule has 1 aromatic heterocycles. The number of hydrogen-bond acceptors (Lipinski definition) is 3. The first kappa shape index (κ1) is 13.8. The number of thiophene rings is 1. The summed E-state index contributed by atoms with van der Waals surface area (Å²) < 4.78 is 1.04. The molecule has 0 spiro atoms. The zero-order chi connectivity index (χ0) is 13.1.